The van der Waals surface area contributed by atoms with E-state index >= 15 is 0 Å². The summed E-state index contributed by atoms with van der Waals surface area (Å²) in [4.78, 5) is 16.2. The fraction of sp³-hybridized carbons (Fsp3) is 0.143. The SMILES string of the molecule is CC(Oc1ccc(F)cc1)C(=O)Nc1ccc(Cc2ccncc2)cc1. The second-order valence-corrected chi connectivity index (χ2v) is 5.93. The third-order valence-electron chi connectivity index (χ3n) is 3.87. The molecule has 1 heterocycles. The molecule has 132 valence electrons. The molecule has 0 spiro atoms. The van der Waals surface area contributed by atoms with Crippen molar-refractivity contribution in [3.63, 3.8) is 0 Å². The van der Waals surface area contributed by atoms with Gasteiger partial charge in [0.25, 0.3) is 5.91 Å². The van der Waals surface area contributed by atoms with Crippen LogP contribution < -0.4 is 10.1 Å². The minimum Gasteiger partial charge on any atom is -0.481 e. The largest absolute Gasteiger partial charge is 0.481 e. The highest BCUT2D eigenvalue weighted by Crippen LogP contribution is 2.16. The smallest absolute Gasteiger partial charge is 0.265 e. The standard InChI is InChI=1S/C21H19FN2O2/c1-15(26-20-8-4-18(22)5-9-20)21(25)24-19-6-2-16(3-7-19)14-17-10-12-23-13-11-17/h2-13,15H,14H2,1H3,(H,24,25). The van der Waals surface area contributed by atoms with Crippen LogP contribution in [0.25, 0.3) is 0 Å². The van der Waals surface area contributed by atoms with Crippen molar-refractivity contribution in [2.75, 3.05) is 5.32 Å². The van der Waals surface area contributed by atoms with Crippen molar-refractivity contribution in [1.29, 1.82) is 0 Å². The highest BCUT2D eigenvalue weighted by atomic mass is 19.1. The second kappa shape index (κ2) is 8.25. The molecule has 0 radical (unpaired) electrons. The molecule has 2 aromatic carbocycles. The van der Waals surface area contributed by atoms with Crippen LogP contribution in [0.2, 0.25) is 0 Å². The van der Waals surface area contributed by atoms with E-state index in [2.05, 4.69) is 10.3 Å². The molecule has 0 fully saturated rings. The predicted molar refractivity (Wildman–Crippen MR) is 98.6 cm³/mol. The molecule has 1 atom stereocenters. The van der Waals surface area contributed by atoms with E-state index in [1.807, 2.05) is 36.4 Å². The molecule has 3 rings (SSSR count). The van der Waals surface area contributed by atoms with E-state index in [0.717, 1.165) is 12.0 Å². The number of carbonyl (C=O) groups excluding carboxylic acids is 1. The molecule has 1 amide bonds. The van der Waals surface area contributed by atoms with Gasteiger partial charge in [-0.05, 0) is 73.0 Å². The second-order valence-electron chi connectivity index (χ2n) is 5.93. The molecular formula is C21H19FN2O2. The summed E-state index contributed by atoms with van der Waals surface area (Å²) in [6.07, 6.45) is 3.65. The minimum absolute atomic E-state index is 0.267. The van der Waals surface area contributed by atoms with Crippen LogP contribution in [0.3, 0.4) is 0 Å². The fourth-order valence-electron chi connectivity index (χ4n) is 2.46. The zero-order chi connectivity index (χ0) is 18.4. The van der Waals surface area contributed by atoms with Gasteiger partial charge in [0.15, 0.2) is 6.10 Å². The van der Waals surface area contributed by atoms with Crippen molar-refractivity contribution in [2.24, 2.45) is 0 Å². The Morgan fingerprint density at radius 2 is 1.62 bits per heavy atom. The maximum atomic E-state index is 12.9. The van der Waals surface area contributed by atoms with Crippen LogP contribution >= 0.6 is 0 Å². The first-order valence-corrected chi connectivity index (χ1v) is 8.31. The maximum Gasteiger partial charge on any atom is 0.265 e. The normalized spacial score (nSPS) is 11.6. The fourth-order valence-corrected chi connectivity index (χ4v) is 2.46. The van der Waals surface area contributed by atoms with E-state index in [4.69, 9.17) is 4.74 Å². The molecule has 0 saturated heterocycles. The molecule has 0 aliphatic heterocycles. The van der Waals surface area contributed by atoms with Crippen molar-refractivity contribution in [3.8, 4) is 5.75 Å². The number of benzene rings is 2. The number of nitrogens with one attached hydrogen (secondary N) is 1. The van der Waals surface area contributed by atoms with Crippen LogP contribution in [0.15, 0.2) is 73.1 Å². The van der Waals surface area contributed by atoms with Gasteiger partial charge in [0.05, 0.1) is 0 Å². The van der Waals surface area contributed by atoms with E-state index in [0.29, 0.717) is 11.4 Å². The molecule has 1 aromatic heterocycles. The predicted octanol–water partition coefficient (Wildman–Crippen LogP) is 4.22. The van der Waals surface area contributed by atoms with E-state index in [1.165, 1.54) is 29.8 Å². The highest BCUT2D eigenvalue weighted by Gasteiger charge is 2.15. The van der Waals surface area contributed by atoms with Gasteiger partial charge in [0, 0.05) is 18.1 Å². The Balaban J connectivity index is 1.56. The summed E-state index contributed by atoms with van der Waals surface area (Å²) >= 11 is 0. The van der Waals surface area contributed by atoms with Crippen LogP contribution in [-0.4, -0.2) is 17.0 Å². The van der Waals surface area contributed by atoms with Gasteiger partial charge in [-0.15, -0.1) is 0 Å². The van der Waals surface area contributed by atoms with E-state index in [1.54, 1.807) is 19.3 Å². The molecular weight excluding hydrogens is 331 g/mol. The molecule has 0 bridgehead atoms. The maximum absolute atomic E-state index is 12.9. The van der Waals surface area contributed by atoms with Gasteiger partial charge in [0.1, 0.15) is 11.6 Å². The quantitative estimate of drug-likeness (QED) is 0.724. The van der Waals surface area contributed by atoms with Gasteiger partial charge >= 0.3 is 0 Å². The van der Waals surface area contributed by atoms with Crippen LogP contribution in [0, 0.1) is 5.82 Å². The molecule has 0 aliphatic carbocycles. The van der Waals surface area contributed by atoms with E-state index in [9.17, 15) is 9.18 Å². The number of hydrogen-bond donors (Lipinski definition) is 1. The average Bonchev–Trinajstić information content (AvgIpc) is 2.66. The lowest BCUT2D eigenvalue weighted by molar-refractivity contribution is -0.122. The van der Waals surface area contributed by atoms with Crippen LogP contribution in [0.4, 0.5) is 10.1 Å². The number of anilines is 1. The number of amides is 1. The molecule has 0 aliphatic rings. The zero-order valence-electron chi connectivity index (χ0n) is 14.4. The van der Waals surface area contributed by atoms with Crippen molar-refractivity contribution in [2.45, 2.75) is 19.4 Å². The van der Waals surface area contributed by atoms with Crippen LogP contribution in [-0.2, 0) is 11.2 Å². The topological polar surface area (TPSA) is 51.2 Å². The Hall–Kier alpha value is -3.21. The minimum atomic E-state index is -0.697. The lowest BCUT2D eigenvalue weighted by Crippen LogP contribution is -2.30. The van der Waals surface area contributed by atoms with Crippen LogP contribution in [0.5, 0.6) is 5.75 Å². The summed E-state index contributed by atoms with van der Waals surface area (Å²) in [7, 11) is 0. The first kappa shape index (κ1) is 17.6. The summed E-state index contributed by atoms with van der Waals surface area (Å²) in [5.41, 5.74) is 3.02. The Morgan fingerprint density at radius 1 is 1.00 bits per heavy atom. The Bertz CT molecular complexity index is 849. The third-order valence-corrected chi connectivity index (χ3v) is 3.87. The number of aromatic nitrogens is 1. The summed E-state index contributed by atoms with van der Waals surface area (Å²) in [5, 5.41) is 2.82. The molecule has 5 heteroatoms. The van der Waals surface area contributed by atoms with Gasteiger partial charge in [0.2, 0.25) is 0 Å². The zero-order valence-corrected chi connectivity index (χ0v) is 14.4. The van der Waals surface area contributed by atoms with Crippen molar-refractivity contribution in [1.82, 2.24) is 4.98 Å². The van der Waals surface area contributed by atoms with Gasteiger partial charge < -0.3 is 10.1 Å². The number of pyridine rings is 1. The number of carbonyl (C=O) groups is 1. The van der Waals surface area contributed by atoms with Gasteiger partial charge in [-0.25, -0.2) is 4.39 Å². The average molecular weight is 350 g/mol. The molecule has 4 nitrogen and oxygen atoms in total. The summed E-state index contributed by atoms with van der Waals surface area (Å²) in [6, 6.07) is 17.2. The van der Waals surface area contributed by atoms with E-state index in [-0.39, 0.29) is 11.7 Å². The van der Waals surface area contributed by atoms with Gasteiger partial charge in [-0.3, -0.25) is 9.78 Å². The number of nitrogens with zero attached hydrogens (tertiary/aromatic N) is 1. The number of ether oxygens (including phenoxy) is 1. The molecule has 1 unspecified atom stereocenters. The first-order chi connectivity index (χ1) is 12.6. The summed E-state index contributed by atoms with van der Waals surface area (Å²) in [6.45, 7) is 1.65. The Kier molecular flexibility index (Phi) is 5.59. The van der Waals surface area contributed by atoms with Gasteiger partial charge in [-0.2, -0.15) is 0 Å². The van der Waals surface area contributed by atoms with E-state index < -0.39 is 6.10 Å². The third kappa shape index (κ3) is 4.89. The summed E-state index contributed by atoms with van der Waals surface area (Å²) in [5.74, 6) is -0.167. The molecule has 0 saturated carbocycles. The highest BCUT2D eigenvalue weighted by molar-refractivity contribution is 5.94. The Morgan fingerprint density at radius 3 is 2.27 bits per heavy atom. The van der Waals surface area contributed by atoms with Crippen molar-refractivity contribution < 1.29 is 13.9 Å². The number of rotatable bonds is 6. The van der Waals surface area contributed by atoms with Crippen molar-refractivity contribution >= 4 is 11.6 Å². The molecule has 3 aromatic rings. The Labute approximate surface area is 151 Å². The van der Waals surface area contributed by atoms with Crippen LogP contribution in [0.1, 0.15) is 18.1 Å². The lowest BCUT2D eigenvalue weighted by atomic mass is 10.1. The van der Waals surface area contributed by atoms with Gasteiger partial charge in [-0.1, -0.05) is 12.1 Å². The van der Waals surface area contributed by atoms with Crippen molar-refractivity contribution in [3.05, 3.63) is 90.0 Å². The molecule has 26 heavy (non-hydrogen) atoms. The lowest BCUT2D eigenvalue weighted by Gasteiger charge is -2.15. The number of hydrogen-bond acceptors (Lipinski definition) is 3. The number of halogens is 1. The first-order valence-electron chi connectivity index (χ1n) is 8.31. The monoisotopic (exact) mass is 350 g/mol. The summed E-state index contributed by atoms with van der Waals surface area (Å²) < 4.78 is 18.4. The molecule has 1 N–H and O–H groups in total.